The molecule has 0 saturated heterocycles. The Bertz CT molecular complexity index is 439. The van der Waals surface area contributed by atoms with E-state index in [-0.39, 0.29) is 11.4 Å². The molecule has 0 bridgehead atoms. The van der Waals surface area contributed by atoms with E-state index in [1.54, 1.807) is 19.1 Å². The molecule has 1 rings (SSSR count). The number of sulfonamides is 1. The lowest BCUT2D eigenvalue weighted by Gasteiger charge is -2.08. The summed E-state index contributed by atoms with van der Waals surface area (Å²) in [6, 6.07) is 6.12. The Morgan fingerprint density at radius 3 is 2.41 bits per heavy atom. The van der Waals surface area contributed by atoms with Crippen molar-refractivity contribution in [3.63, 3.8) is 0 Å². The third-order valence-corrected chi connectivity index (χ3v) is 3.75. The molecule has 0 aliphatic heterocycles. The van der Waals surface area contributed by atoms with Crippen LogP contribution in [-0.2, 0) is 14.8 Å². The summed E-state index contributed by atoms with van der Waals surface area (Å²) >= 11 is 0. The van der Waals surface area contributed by atoms with Crippen LogP contribution in [0.4, 0.5) is 0 Å². The number of hydrogen-bond acceptors (Lipinski definition) is 4. The Balaban J connectivity index is 2.78. The molecule has 1 atom stereocenters. The summed E-state index contributed by atoms with van der Waals surface area (Å²) in [6.45, 7) is 2.18. The highest BCUT2D eigenvalue weighted by Crippen LogP contribution is 2.15. The molecule has 1 aromatic rings. The number of ether oxygens (including phenoxy) is 1. The first kappa shape index (κ1) is 14.1. The van der Waals surface area contributed by atoms with Gasteiger partial charge in [0.15, 0.2) is 0 Å². The van der Waals surface area contributed by atoms with Crippen LogP contribution >= 0.6 is 0 Å². The van der Waals surface area contributed by atoms with E-state index in [4.69, 9.17) is 4.74 Å². The highest BCUT2D eigenvalue weighted by Gasteiger charge is 2.13. The highest BCUT2D eigenvalue weighted by atomic mass is 32.2. The van der Waals surface area contributed by atoms with Gasteiger partial charge in [0.2, 0.25) is 10.0 Å². The van der Waals surface area contributed by atoms with Gasteiger partial charge in [-0.3, -0.25) is 0 Å². The molecule has 17 heavy (non-hydrogen) atoms. The fourth-order valence-electron chi connectivity index (χ4n) is 1.29. The van der Waals surface area contributed by atoms with Crippen molar-refractivity contribution in [1.82, 2.24) is 4.72 Å². The van der Waals surface area contributed by atoms with Crippen LogP contribution in [0, 0.1) is 0 Å². The van der Waals surface area contributed by atoms with E-state index in [0.29, 0.717) is 12.2 Å². The number of methoxy groups -OCH3 is 1. The number of aliphatic hydroxyl groups excluding tert-OH is 1. The molecule has 0 aliphatic carbocycles. The molecule has 2 N–H and O–H groups in total. The van der Waals surface area contributed by atoms with Gasteiger partial charge >= 0.3 is 0 Å². The van der Waals surface area contributed by atoms with Gasteiger partial charge < -0.3 is 9.84 Å². The average Bonchev–Trinajstić information content (AvgIpc) is 2.29. The highest BCUT2D eigenvalue weighted by molar-refractivity contribution is 7.89. The van der Waals surface area contributed by atoms with Crippen LogP contribution in [0.2, 0.25) is 0 Å². The smallest absolute Gasteiger partial charge is 0.240 e. The van der Waals surface area contributed by atoms with Crippen molar-refractivity contribution in [1.29, 1.82) is 0 Å². The second kappa shape index (κ2) is 6.11. The zero-order valence-corrected chi connectivity index (χ0v) is 10.7. The molecule has 5 nitrogen and oxygen atoms in total. The third-order valence-electron chi connectivity index (χ3n) is 2.27. The molecule has 0 radical (unpaired) electrons. The first-order chi connectivity index (χ1) is 7.97. The Morgan fingerprint density at radius 1 is 1.35 bits per heavy atom. The SMILES string of the molecule is COCCNS(=O)(=O)c1ccc(C(C)O)cc1. The summed E-state index contributed by atoms with van der Waals surface area (Å²) in [5, 5.41) is 9.31. The quantitative estimate of drug-likeness (QED) is 0.736. The first-order valence-electron chi connectivity index (χ1n) is 5.24. The van der Waals surface area contributed by atoms with Crippen molar-refractivity contribution >= 4 is 10.0 Å². The topological polar surface area (TPSA) is 75.6 Å². The number of benzene rings is 1. The molecule has 0 amide bonds. The minimum atomic E-state index is -3.49. The van der Waals surface area contributed by atoms with Crippen molar-refractivity contribution < 1.29 is 18.3 Å². The predicted octanol–water partition coefficient (Wildman–Crippen LogP) is 0.665. The van der Waals surface area contributed by atoms with Gasteiger partial charge in [0.05, 0.1) is 17.6 Å². The monoisotopic (exact) mass is 259 g/mol. The van der Waals surface area contributed by atoms with Gasteiger partial charge in [-0.25, -0.2) is 13.1 Å². The van der Waals surface area contributed by atoms with E-state index >= 15 is 0 Å². The van der Waals surface area contributed by atoms with Gasteiger partial charge in [0, 0.05) is 13.7 Å². The summed E-state index contributed by atoms with van der Waals surface area (Å²) in [5.74, 6) is 0. The Kier molecular flexibility index (Phi) is 5.07. The number of hydrogen-bond donors (Lipinski definition) is 2. The third kappa shape index (κ3) is 4.08. The van der Waals surface area contributed by atoms with E-state index in [1.165, 1.54) is 19.2 Å². The molecule has 0 aromatic heterocycles. The van der Waals surface area contributed by atoms with E-state index in [1.807, 2.05) is 0 Å². The fraction of sp³-hybridized carbons (Fsp3) is 0.455. The van der Waals surface area contributed by atoms with Gasteiger partial charge in [0.25, 0.3) is 0 Å². The van der Waals surface area contributed by atoms with Crippen LogP contribution < -0.4 is 4.72 Å². The van der Waals surface area contributed by atoms with E-state index in [0.717, 1.165) is 0 Å². The van der Waals surface area contributed by atoms with Gasteiger partial charge in [-0.05, 0) is 24.6 Å². The van der Waals surface area contributed by atoms with Crippen LogP contribution in [0.5, 0.6) is 0 Å². The van der Waals surface area contributed by atoms with Gasteiger partial charge in [-0.15, -0.1) is 0 Å². The van der Waals surface area contributed by atoms with Crippen LogP contribution in [-0.4, -0.2) is 33.8 Å². The fourth-order valence-corrected chi connectivity index (χ4v) is 2.30. The Hall–Kier alpha value is -0.950. The lowest BCUT2D eigenvalue weighted by molar-refractivity contribution is 0.199. The standard InChI is InChI=1S/C11H17NO4S/c1-9(13)10-3-5-11(6-4-10)17(14,15)12-7-8-16-2/h3-6,9,12-13H,7-8H2,1-2H3. The number of aliphatic hydroxyl groups is 1. The molecule has 1 unspecified atom stereocenters. The zero-order chi connectivity index (χ0) is 12.9. The van der Waals surface area contributed by atoms with Crippen molar-refractivity contribution in [2.75, 3.05) is 20.3 Å². The minimum absolute atomic E-state index is 0.179. The van der Waals surface area contributed by atoms with Crippen molar-refractivity contribution in [2.24, 2.45) is 0 Å². The molecule has 96 valence electrons. The van der Waals surface area contributed by atoms with Crippen molar-refractivity contribution in [3.05, 3.63) is 29.8 Å². The summed E-state index contributed by atoms with van der Waals surface area (Å²) in [4.78, 5) is 0.179. The molecule has 6 heteroatoms. The van der Waals surface area contributed by atoms with Crippen LogP contribution in [0.3, 0.4) is 0 Å². The molecule has 0 aliphatic rings. The predicted molar refractivity (Wildman–Crippen MR) is 64.1 cm³/mol. The second-order valence-corrected chi connectivity index (χ2v) is 5.40. The normalized spacial score (nSPS) is 13.6. The van der Waals surface area contributed by atoms with Gasteiger partial charge in [0.1, 0.15) is 0 Å². The summed E-state index contributed by atoms with van der Waals surface area (Å²) in [7, 11) is -1.98. The summed E-state index contributed by atoms with van der Waals surface area (Å²) in [5.41, 5.74) is 0.681. The summed E-state index contributed by atoms with van der Waals surface area (Å²) < 4.78 is 30.7. The zero-order valence-electron chi connectivity index (χ0n) is 9.88. The maximum Gasteiger partial charge on any atom is 0.240 e. The van der Waals surface area contributed by atoms with E-state index < -0.39 is 16.1 Å². The lowest BCUT2D eigenvalue weighted by atomic mass is 10.1. The molecule has 0 spiro atoms. The van der Waals surface area contributed by atoms with Crippen LogP contribution in [0.1, 0.15) is 18.6 Å². The Morgan fingerprint density at radius 2 is 1.94 bits per heavy atom. The first-order valence-corrected chi connectivity index (χ1v) is 6.72. The van der Waals surface area contributed by atoms with Crippen molar-refractivity contribution in [3.8, 4) is 0 Å². The lowest BCUT2D eigenvalue weighted by Crippen LogP contribution is -2.27. The van der Waals surface area contributed by atoms with Crippen LogP contribution in [0.15, 0.2) is 29.2 Å². The van der Waals surface area contributed by atoms with Gasteiger partial charge in [-0.2, -0.15) is 0 Å². The maximum absolute atomic E-state index is 11.8. The molecule has 0 fully saturated rings. The Labute approximate surface area is 101 Å². The average molecular weight is 259 g/mol. The number of nitrogens with one attached hydrogen (secondary N) is 1. The van der Waals surface area contributed by atoms with Crippen molar-refractivity contribution in [2.45, 2.75) is 17.9 Å². The molecule has 0 saturated carbocycles. The minimum Gasteiger partial charge on any atom is -0.389 e. The molecule has 0 heterocycles. The molecule has 1 aromatic carbocycles. The van der Waals surface area contributed by atoms with Gasteiger partial charge in [-0.1, -0.05) is 12.1 Å². The molecular formula is C11H17NO4S. The summed E-state index contributed by atoms with van der Waals surface area (Å²) in [6.07, 6.45) is -0.604. The molecular weight excluding hydrogens is 242 g/mol. The second-order valence-electron chi connectivity index (χ2n) is 3.64. The largest absolute Gasteiger partial charge is 0.389 e. The maximum atomic E-state index is 11.8. The van der Waals surface area contributed by atoms with E-state index in [2.05, 4.69) is 4.72 Å². The van der Waals surface area contributed by atoms with Crippen LogP contribution in [0.25, 0.3) is 0 Å². The number of rotatable bonds is 6. The van der Waals surface area contributed by atoms with E-state index in [9.17, 15) is 13.5 Å².